The van der Waals surface area contributed by atoms with E-state index in [1.165, 1.54) is 0 Å². The van der Waals surface area contributed by atoms with Crippen LogP contribution in [0.1, 0.15) is 6.42 Å². The van der Waals surface area contributed by atoms with Crippen molar-refractivity contribution in [2.45, 2.75) is 6.42 Å². The standard InChI is InChI=1S/C7H10N2/c1-8-5-6-9-7-3-2-4-7/h2-3,5-6,8H,4H2,1H3/b6-5-,9-7?. The number of hydrogen-bond acceptors (Lipinski definition) is 2. The molecule has 0 saturated heterocycles. The van der Waals surface area contributed by atoms with Gasteiger partial charge in [0.05, 0.1) is 0 Å². The second-order valence-corrected chi connectivity index (χ2v) is 1.83. The molecule has 0 heterocycles. The Morgan fingerprint density at radius 2 is 2.56 bits per heavy atom. The molecule has 1 aliphatic rings. The molecule has 1 aliphatic carbocycles. The van der Waals surface area contributed by atoms with Crippen LogP contribution >= 0.6 is 0 Å². The Morgan fingerprint density at radius 3 is 3.00 bits per heavy atom. The quantitative estimate of drug-likeness (QED) is 0.582. The fourth-order valence-corrected chi connectivity index (χ4v) is 0.527. The van der Waals surface area contributed by atoms with Crippen molar-refractivity contribution in [1.29, 1.82) is 0 Å². The lowest BCUT2D eigenvalue weighted by molar-refractivity contribution is 1.09. The maximum atomic E-state index is 4.11. The van der Waals surface area contributed by atoms with Gasteiger partial charge in [-0.2, -0.15) is 0 Å². The van der Waals surface area contributed by atoms with E-state index in [0.717, 1.165) is 12.1 Å². The monoisotopic (exact) mass is 122 g/mol. The predicted octanol–water partition coefficient (Wildman–Crippen LogP) is 1.08. The third kappa shape index (κ3) is 1.72. The topological polar surface area (TPSA) is 24.4 Å². The van der Waals surface area contributed by atoms with Crippen LogP contribution in [0.2, 0.25) is 0 Å². The molecule has 0 bridgehead atoms. The molecule has 0 amide bonds. The van der Waals surface area contributed by atoms with Gasteiger partial charge in [-0.25, -0.2) is 0 Å². The predicted molar refractivity (Wildman–Crippen MR) is 39.4 cm³/mol. The molecule has 0 unspecified atom stereocenters. The average Bonchev–Trinajstić information content (AvgIpc) is 1.76. The first-order chi connectivity index (χ1) is 4.43. The van der Waals surface area contributed by atoms with Crippen molar-refractivity contribution in [3.63, 3.8) is 0 Å². The highest BCUT2D eigenvalue weighted by molar-refractivity contribution is 6.01. The van der Waals surface area contributed by atoms with Gasteiger partial charge in [0, 0.05) is 31.6 Å². The van der Waals surface area contributed by atoms with E-state index in [4.69, 9.17) is 0 Å². The maximum absolute atomic E-state index is 4.11. The molecule has 2 nitrogen and oxygen atoms in total. The second-order valence-electron chi connectivity index (χ2n) is 1.83. The molecule has 48 valence electrons. The van der Waals surface area contributed by atoms with Gasteiger partial charge < -0.3 is 5.32 Å². The van der Waals surface area contributed by atoms with E-state index < -0.39 is 0 Å². The van der Waals surface area contributed by atoms with Gasteiger partial charge in [0.1, 0.15) is 0 Å². The van der Waals surface area contributed by atoms with E-state index in [0.29, 0.717) is 0 Å². The molecule has 0 atom stereocenters. The van der Waals surface area contributed by atoms with Crippen LogP contribution in [0.15, 0.2) is 29.5 Å². The molecule has 0 fully saturated rings. The van der Waals surface area contributed by atoms with Crippen molar-refractivity contribution >= 4 is 5.71 Å². The van der Waals surface area contributed by atoms with Crippen LogP contribution in [-0.4, -0.2) is 12.8 Å². The summed E-state index contributed by atoms with van der Waals surface area (Å²) < 4.78 is 0. The second kappa shape index (κ2) is 3.07. The van der Waals surface area contributed by atoms with Crippen LogP contribution in [0.25, 0.3) is 0 Å². The van der Waals surface area contributed by atoms with Crippen LogP contribution < -0.4 is 5.32 Å². The summed E-state index contributed by atoms with van der Waals surface area (Å²) in [5.74, 6) is 0. The first kappa shape index (κ1) is 6.08. The zero-order chi connectivity index (χ0) is 6.53. The Balaban J connectivity index is 2.31. The Labute approximate surface area is 55.0 Å². The number of hydrogen-bond donors (Lipinski definition) is 1. The molecule has 0 aromatic rings. The van der Waals surface area contributed by atoms with Gasteiger partial charge in [0.25, 0.3) is 0 Å². The Hall–Kier alpha value is -1.05. The zero-order valence-electron chi connectivity index (χ0n) is 5.46. The molecule has 0 saturated carbocycles. The number of aliphatic imine (C=N–C) groups is 1. The Bertz CT molecular complexity index is 166. The van der Waals surface area contributed by atoms with Crippen LogP contribution in [0.3, 0.4) is 0 Å². The summed E-state index contributed by atoms with van der Waals surface area (Å²) in [5.41, 5.74) is 1.15. The number of rotatable bonds is 2. The molecule has 2 heteroatoms. The summed E-state index contributed by atoms with van der Waals surface area (Å²) in [6, 6.07) is 0. The lowest BCUT2D eigenvalue weighted by Crippen LogP contribution is -1.99. The fraction of sp³-hybridized carbons (Fsp3) is 0.286. The van der Waals surface area contributed by atoms with E-state index in [9.17, 15) is 0 Å². The highest BCUT2D eigenvalue weighted by Gasteiger charge is 1.96. The van der Waals surface area contributed by atoms with Gasteiger partial charge in [-0.1, -0.05) is 6.08 Å². The van der Waals surface area contributed by atoms with Crippen molar-refractivity contribution in [3.05, 3.63) is 24.6 Å². The summed E-state index contributed by atoms with van der Waals surface area (Å²) in [6.45, 7) is 0. The molecule has 1 rings (SSSR count). The summed E-state index contributed by atoms with van der Waals surface area (Å²) >= 11 is 0. The Kier molecular flexibility index (Phi) is 2.07. The first-order valence-corrected chi connectivity index (χ1v) is 2.99. The molecule has 0 spiro atoms. The summed E-state index contributed by atoms with van der Waals surface area (Å²) in [5, 5.41) is 2.86. The van der Waals surface area contributed by atoms with Crippen LogP contribution in [-0.2, 0) is 0 Å². The minimum Gasteiger partial charge on any atom is -0.393 e. The highest BCUT2D eigenvalue weighted by atomic mass is 14.8. The lowest BCUT2D eigenvalue weighted by Gasteiger charge is -2.01. The molecule has 0 aromatic carbocycles. The average molecular weight is 122 g/mol. The van der Waals surface area contributed by atoms with Gasteiger partial charge >= 0.3 is 0 Å². The first-order valence-electron chi connectivity index (χ1n) is 2.99. The maximum Gasteiger partial charge on any atom is 0.0438 e. The third-order valence-corrected chi connectivity index (χ3v) is 1.12. The molecule has 9 heavy (non-hydrogen) atoms. The highest BCUT2D eigenvalue weighted by Crippen LogP contribution is 2.02. The van der Waals surface area contributed by atoms with E-state index >= 15 is 0 Å². The van der Waals surface area contributed by atoms with Gasteiger partial charge in [0.2, 0.25) is 0 Å². The van der Waals surface area contributed by atoms with Crippen LogP contribution in [0.5, 0.6) is 0 Å². The molecular formula is C7H10N2. The van der Waals surface area contributed by atoms with Gasteiger partial charge in [0.15, 0.2) is 0 Å². The Morgan fingerprint density at radius 1 is 1.78 bits per heavy atom. The van der Waals surface area contributed by atoms with Gasteiger partial charge in [-0.05, 0) is 6.08 Å². The van der Waals surface area contributed by atoms with E-state index in [1.54, 1.807) is 12.4 Å². The van der Waals surface area contributed by atoms with Crippen molar-refractivity contribution in [2.24, 2.45) is 4.99 Å². The SMILES string of the molecule is CN/C=C\N=C1C=CC1. The normalized spacial score (nSPS) is 20.8. The van der Waals surface area contributed by atoms with Crippen molar-refractivity contribution in [1.82, 2.24) is 5.32 Å². The number of nitrogens with one attached hydrogen (secondary N) is 1. The lowest BCUT2D eigenvalue weighted by atomic mass is 10.1. The van der Waals surface area contributed by atoms with Crippen LogP contribution in [0.4, 0.5) is 0 Å². The van der Waals surface area contributed by atoms with Crippen molar-refractivity contribution in [2.75, 3.05) is 7.05 Å². The van der Waals surface area contributed by atoms with Gasteiger partial charge in [-0.15, -0.1) is 0 Å². The van der Waals surface area contributed by atoms with Crippen molar-refractivity contribution < 1.29 is 0 Å². The third-order valence-electron chi connectivity index (χ3n) is 1.12. The smallest absolute Gasteiger partial charge is 0.0438 e. The number of allylic oxidation sites excluding steroid dienone is 2. The molecule has 0 aromatic heterocycles. The van der Waals surface area contributed by atoms with Gasteiger partial charge in [-0.3, -0.25) is 4.99 Å². The summed E-state index contributed by atoms with van der Waals surface area (Å²) in [7, 11) is 1.85. The molecule has 0 radical (unpaired) electrons. The fourth-order valence-electron chi connectivity index (χ4n) is 0.527. The minimum atomic E-state index is 1.02. The molecule has 1 N–H and O–H groups in total. The van der Waals surface area contributed by atoms with E-state index in [1.807, 2.05) is 13.1 Å². The minimum absolute atomic E-state index is 1.02. The van der Waals surface area contributed by atoms with E-state index in [-0.39, 0.29) is 0 Å². The van der Waals surface area contributed by atoms with Crippen LogP contribution in [0, 0.1) is 0 Å². The number of nitrogens with zero attached hydrogens (tertiary/aromatic N) is 1. The van der Waals surface area contributed by atoms with Crippen molar-refractivity contribution in [3.8, 4) is 0 Å². The summed E-state index contributed by atoms with van der Waals surface area (Å²) in [4.78, 5) is 4.11. The molecule has 0 aliphatic heterocycles. The zero-order valence-corrected chi connectivity index (χ0v) is 5.46. The largest absolute Gasteiger partial charge is 0.393 e. The van der Waals surface area contributed by atoms with E-state index in [2.05, 4.69) is 16.4 Å². The molecular weight excluding hydrogens is 112 g/mol. The summed E-state index contributed by atoms with van der Waals surface area (Å²) in [6.07, 6.45) is 8.69.